The molecule has 0 aromatic heterocycles. The van der Waals surface area contributed by atoms with Gasteiger partial charge >= 0.3 is 0 Å². The van der Waals surface area contributed by atoms with Gasteiger partial charge in [-0.1, -0.05) is 32.1 Å². The molecule has 4 heteroatoms. The number of carbonyl (C=O) groups is 1. The number of carbonyl (C=O) groups excluding carboxylic acids is 1. The van der Waals surface area contributed by atoms with Crippen molar-refractivity contribution in [1.29, 1.82) is 0 Å². The number of nitrogens with one attached hydrogen (secondary N) is 2. The Morgan fingerprint density at radius 1 is 1.10 bits per heavy atom. The van der Waals surface area contributed by atoms with Crippen LogP contribution in [-0.2, 0) is 4.79 Å². The Kier molecular flexibility index (Phi) is 6.38. The smallest absolute Gasteiger partial charge is 0.239 e. The van der Waals surface area contributed by atoms with Crippen molar-refractivity contribution >= 4 is 11.6 Å². The molecule has 1 aromatic carbocycles. The first-order valence-corrected chi connectivity index (χ1v) is 7.95. The lowest BCUT2D eigenvalue weighted by Crippen LogP contribution is -2.38. The number of rotatable bonds is 5. The Balaban J connectivity index is 1.72. The number of benzene rings is 1. The summed E-state index contributed by atoms with van der Waals surface area (Å²) in [5.41, 5.74) is 0.934. The predicted molar refractivity (Wildman–Crippen MR) is 85.7 cm³/mol. The minimum Gasteiger partial charge on any atom is -0.497 e. The van der Waals surface area contributed by atoms with Crippen LogP contribution in [0.5, 0.6) is 5.75 Å². The van der Waals surface area contributed by atoms with E-state index in [-0.39, 0.29) is 5.91 Å². The van der Waals surface area contributed by atoms with Crippen molar-refractivity contribution in [2.75, 3.05) is 19.0 Å². The Labute approximate surface area is 127 Å². The first-order valence-electron chi connectivity index (χ1n) is 7.95. The van der Waals surface area contributed by atoms with E-state index in [1.165, 1.54) is 32.1 Å². The summed E-state index contributed by atoms with van der Waals surface area (Å²) < 4.78 is 5.11. The molecule has 2 N–H and O–H groups in total. The number of ether oxygens (including phenoxy) is 1. The fourth-order valence-electron chi connectivity index (χ4n) is 2.77. The van der Waals surface area contributed by atoms with Gasteiger partial charge in [-0.05, 0) is 37.1 Å². The summed E-state index contributed by atoms with van der Waals surface area (Å²) in [7, 11) is 1.64. The highest BCUT2D eigenvalue weighted by Gasteiger charge is 2.13. The normalized spacial score (nSPS) is 16.6. The molecule has 0 radical (unpaired) electrons. The van der Waals surface area contributed by atoms with Crippen LogP contribution >= 0.6 is 0 Å². The predicted octanol–water partition coefficient (Wildman–Crippen LogP) is 3.34. The molecule has 21 heavy (non-hydrogen) atoms. The van der Waals surface area contributed by atoms with Crippen LogP contribution in [0.2, 0.25) is 0 Å². The molecule has 0 heterocycles. The number of anilines is 1. The fourth-order valence-corrected chi connectivity index (χ4v) is 2.77. The van der Waals surface area contributed by atoms with E-state index in [4.69, 9.17) is 4.74 Å². The van der Waals surface area contributed by atoms with Gasteiger partial charge in [0.1, 0.15) is 5.75 Å². The monoisotopic (exact) mass is 290 g/mol. The van der Waals surface area contributed by atoms with Crippen molar-refractivity contribution in [1.82, 2.24) is 5.32 Å². The van der Waals surface area contributed by atoms with E-state index < -0.39 is 0 Å². The maximum atomic E-state index is 12.0. The summed E-state index contributed by atoms with van der Waals surface area (Å²) in [5.74, 6) is 0.899. The van der Waals surface area contributed by atoms with Crippen molar-refractivity contribution in [3.8, 4) is 5.75 Å². The largest absolute Gasteiger partial charge is 0.497 e. The molecule has 1 aromatic rings. The van der Waals surface area contributed by atoms with Crippen LogP contribution < -0.4 is 15.4 Å². The van der Waals surface area contributed by atoms with Crippen molar-refractivity contribution in [2.24, 2.45) is 0 Å². The molecule has 4 nitrogen and oxygen atoms in total. The van der Waals surface area contributed by atoms with Gasteiger partial charge in [-0.15, -0.1) is 0 Å². The SMILES string of the molecule is COc1ccc(NCC(=O)NC2CCCCCCC2)cc1. The maximum Gasteiger partial charge on any atom is 0.239 e. The van der Waals surface area contributed by atoms with Crippen LogP contribution in [0.15, 0.2) is 24.3 Å². The summed E-state index contributed by atoms with van der Waals surface area (Å²) >= 11 is 0. The van der Waals surface area contributed by atoms with Crippen LogP contribution in [0, 0.1) is 0 Å². The van der Waals surface area contributed by atoms with Crippen molar-refractivity contribution in [3.05, 3.63) is 24.3 Å². The molecule has 0 bridgehead atoms. The topological polar surface area (TPSA) is 50.4 Å². The third-order valence-electron chi connectivity index (χ3n) is 4.01. The second kappa shape index (κ2) is 8.55. The zero-order valence-corrected chi connectivity index (χ0v) is 12.9. The average Bonchev–Trinajstić information content (AvgIpc) is 2.48. The summed E-state index contributed by atoms with van der Waals surface area (Å²) in [5, 5.41) is 6.30. The second-order valence-corrected chi connectivity index (χ2v) is 5.69. The number of hydrogen-bond donors (Lipinski definition) is 2. The highest BCUT2D eigenvalue weighted by molar-refractivity contribution is 5.80. The van der Waals surface area contributed by atoms with Gasteiger partial charge in [-0.3, -0.25) is 4.79 Å². The standard InChI is InChI=1S/C17H26N2O2/c1-21-16-11-9-14(10-12-16)18-13-17(20)19-15-7-5-3-2-4-6-8-15/h9-12,15,18H,2-8,13H2,1H3,(H,19,20). The van der Waals surface area contributed by atoms with Crippen LogP contribution in [0.3, 0.4) is 0 Å². The maximum absolute atomic E-state index is 12.0. The van der Waals surface area contributed by atoms with E-state index in [0.717, 1.165) is 24.3 Å². The van der Waals surface area contributed by atoms with E-state index >= 15 is 0 Å². The van der Waals surface area contributed by atoms with Gasteiger partial charge in [0.2, 0.25) is 5.91 Å². The van der Waals surface area contributed by atoms with E-state index in [2.05, 4.69) is 10.6 Å². The fraction of sp³-hybridized carbons (Fsp3) is 0.588. The van der Waals surface area contributed by atoms with Crippen molar-refractivity contribution in [3.63, 3.8) is 0 Å². The molecular formula is C17H26N2O2. The van der Waals surface area contributed by atoms with Crippen LogP contribution in [0.25, 0.3) is 0 Å². The molecule has 0 atom stereocenters. The Hall–Kier alpha value is -1.71. The van der Waals surface area contributed by atoms with Crippen LogP contribution in [0.4, 0.5) is 5.69 Å². The van der Waals surface area contributed by atoms with Gasteiger partial charge < -0.3 is 15.4 Å². The highest BCUT2D eigenvalue weighted by atomic mass is 16.5. The van der Waals surface area contributed by atoms with Gasteiger partial charge in [0.15, 0.2) is 0 Å². The Morgan fingerprint density at radius 2 is 1.71 bits per heavy atom. The number of hydrogen-bond acceptors (Lipinski definition) is 3. The van der Waals surface area contributed by atoms with E-state index in [9.17, 15) is 4.79 Å². The highest BCUT2D eigenvalue weighted by Crippen LogP contribution is 2.17. The quantitative estimate of drug-likeness (QED) is 0.874. The third-order valence-corrected chi connectivity index (χ3v) is 4.01. The van der Waals surface area contributed by atoms with Crippen molar-refractivity contribution in [2.45, 2.75) is 51.0 Å². The molecule has 0 saturated heterocycles. The summed E-state index contributed by atoms with van der Waals surface area (Å²) in [6.45, 7) is 0.322. The molecule has 0 unspecified atom stereocenters. The molecule has 1 saturated carbocycles. The van der Waals surface area contributed by atoms with Gasteiger partial charge in [0, 0.05) is 11.7 Å². The second-order valence-electron chi connectivity index (χ2n) is 5.69. The summed E-state index contributed by atoms with van der Waals surface area (Å²) in [4.78, 5) is 12.0. The van der Waals surface area contributed by atoms with Crippen LogP contribution in [0.1, 0.15) is 44.9 Å². The van der Waals surface area contributed by atoms with E-state index in [1.807, 2.05) is 24.3 Å². The zero-order chi connectivity index (χ0) is 14.9. The van der Waals surface area contributed by atoms with Gasteiger partial charge in [0.25, 0.3) is 0 Å². The first kappa shape index (κ1) is 15.7. The lowest BCUT2D eigenvalue weighted by Gasteiger charge is -2.21. The summed E-state index contributed by atoms with van der Waals surface area (Å²) in [6, 6.07) is 7.96. The Morgan fingerprint density at radius 3 is 2.33 bits per heavy atom. The minimum absolute atomic E-state index is 0.0800. The first-order chi connectivity index (χ1) is 10.3. The number of amides is 1. The molecule has 1 amide bonds. The molecular weight excluding hydrogens is 264 g/mol. The molecule has 2 rings (SSSR count). The lowest BCUT2D eigenvalue weighted by molar-refractivity contribution is -0.120. The average molecular weight is 290 g/mol. The number of methoxy groups -OCH3 is 1. The van der Waals surface area contributed by atoms with Gasteiger partial charge in [-0.25, -0.2) is 0 Å². The van der Waals surface area contributed by atoms with Crippen molar-refractivity contribution < 1.29 is 9.53 Å². The lowest BCUT2D eigenvalue weighted by atomic mass is 9.97. The third kappa shape index (κ3) is 5.66. The molecule has 0 aliphatic heterocycles. The van der Waals surface area contributed by atoms with Gasteiger partial charge in [-0.2, -0.15) is 0 Å². The molecule has 1 aliphatic carbocycles. The van der Waals surface area contributed by atoms with Gasteiger partial charge in [0.05, 0.1) is 13.7 Å². The van der Waals surface area contributed by atoms with E-state index in [0.29, 0.717) is 12.6 Å². The summed E-state index contributed by atoms with van der Waals surface area (Å²) in [6.07, 6.45) is 8.66. The molecule has 0 spiro atoms. The molecule has 116 valence electrons. The minimum atomic E-state index is 0.0800. The Bertz CT molecular complexity index is 423. The zero-order valence-electron chi connectivity index (χ0n) is 12.9. The molecule has 1 fully saturated rings. The van der Waals surface area contributed by atoms with E-state index in [1.54, 1.807) is 7.11 Å². The van der Waals surface area contributed by atoms with Crippen LogP contribution in [-0.4, -0.2) is 25.6 Å². The molecule has 1 aliphatic rings.